The van der Waals surface area contributed by atoms with E-state index in [-0.39, 0.29) is 36.1 Å². The summed E-state index contributed by atoms with van der Waals surface area (Å²) in [7, 11) is 0. The lowest BCUT2D eigenvalue weighted by molar-refractivity contribution is -0.143. The van der Waals surface area contributed by atoms with Crippen molar-refractivity contribution in [2.75, 3.05) is 18.5 Å². The maximum Gasteiger partial charge on any atom is 0.293 e. The molecule has 1 aliphatic heterocycles. The second-order valence-electron chi connectivity index (χ2n) is 5.92. The van der Waals surface area contributed by atoms with Gasteiger partial charge in [0.1, 0.15) is 0 Å². The van der Waals surface area contributed by atoms with Gasteiger partial charge in [0.05, 0.1) is 37.4 Å². The molecule has 0 spiro atoms. The fourth-order valence-corrected chi connectivity index (χ4v) is 3.79. The van der Waals surface area contributed by atoms with Gasteiger partial charge in [-0.25, -0.2) is 4.98 Å². The molecule has 1 aliphatic rings. The summed E-state index contributed by atoms with van der Waals surface area (Å²) in [5, 5.41) is 4.88. The van der Waals surface area contributed by atoms with Crippen LogP contribution in [0.5, 0.6) is 0 Å². The van der Waals surface area contributed by atoms with Gasteiger partial charge >= 0.3 is 0 Å². The number of aromatic nitrogens is 1. The number of amides is 2. The quantitative estimate of drug-likeness (QED) is 0.810. The molecule has 7 nitrogen and oxygen atoms in total. The van der Waals surface area contributed by atoms with E-state index >= 15 is 0 Å². The zero-order valence-corrected chi connectivity index (χ0v) is 16.2. The Bertz CT molecular complexity index is 765. The van der Waals surface area contributed by atoms with Crippen LogP contribution in [0.2, 0.25) is 0 Å². The summed E-state index contributed by atoms with van der Waals surface area (Å²) >= 11 is 4.43. The number of hydrogen-bond donors (Lipinski definition) is 1. The molecule has 9 heteroatoms. The van der Waals surface area contributed by atoms with Crippen LogP contribution in [0.4, 0.5) is 5.13 Å². The number of halogens is 1. The largest absolute Gasteiger partial charge is 0.444 e. The lowest BCUT2D eigenvalue weighted by Crippen LogP contribution is -2.53. The zero-order valence-electron chi connectivity index (χ0n) is 13.8. The number of carbonyl (C=O) groups excluding carboxylic acids is 2. The Kier molecular flexibility index (Phi) is 5.55. The molecule has 1 fully saturated rings. The molecule has 25 heavy (non-hydrogen) atoms. The molecule has 1 saturated heterocycles. The Hall–Kier alpha value is -1.71. The molecule has 0 bridgehead atoms. The van der Waals surface area contributed by atoms with E-state index in [4.69, 9.17) is 9.15 Å². The SMILES string of the molecule is C[C@@H]1COC[C@H](C)N1C(=O)Cc1csc(NC(=O)c2ccc(Br)o2)n1. The average Bonchev–Trinajstić information content (AvgIpc) is 3.16. The third kappa shape index (κ3) is 4.28. The number of anilines is 1. The minimum absolute atomic E-state index is 0.0152. The molecule has 2 atom stereocenters. The minimum atomic E-state index is -0.381. The Morgan fingerprint density at radius 3 is 2.72 bits per heavy atom. The Morgan fingerprint density at radius 2 is 2.08 bits per heavy atom. The van der Waals surface area contributed by atoms with Crippen molar-refractivity contribution >= 4 is 44.2 Å². The number of morpholine rings is 1. The highest BCUT2D eigenvalue weighted by molar-refractivity contribution is 9.10. The lowest BCUT2D eigenvalue weighted by Gasteiger charge is -2.38. The van der Waals surface area contributed by atoms with Crippen molar-refractivity contribution in [3.05, 3.63) is 33.6 Å². The first-order valence-electron chi connectivity index (χ1n) is 7.84. The van der Waals surface area contributed by atoms with Gasteiger partial charge < -0.3 is 14.1 Å². The number of nitrogens with zero attached hydrogens (tertiary/aromatic N) is 2. The van der Waals surface area contributed by atoms with E-state index < -0.39 is 0 Å². The van der Waals surface area contributed by atoms with Gasteiger partial charge in [0, 0.05) is 5.38 Å². The van der Waals surface area contributed by atoms with Gasteiger partial charge in [-0.1, -0.05) is 0 Å². The fourth-order valence-electron chi connectivity index (χ4n) is 2.78. The molecular weight excluding hydrogens is 410 g/mol. The molecule has 2 aromatic heterocycles. The summed E-state index contributed by atoms with van der Waals surface area (Å²) in [5.41, 5.74) is 0.636. The van der Waals surface area contributed by atoms with Crippen LogP contribution in [0.25, 0.3) is 0 Å². The van der Waals surface area contributed by atoms with E-state index in [0.717, 1.165) is 0 Å². The second-order valence-corrected chi connectivity index (χ2v) is 7.55. The molecule has 0 radical (unpaired) electrons. The summed E-state index contributed by atoms with van der Waals surface area (Å²) in [6, 6.07) is 3.31. The highest BCUT2D eigenvalue weighted by Crippen LogP contribution is 2.21. The van der Waals surface area contributed by atoms with Crippen LogP contribution < -0.4 is 5.32 Å². The Morgan fingerprint density at radius 1 is 1.36 bits per heavy atom. The van der Waals surface area contributed by atoms with E-state index in [9.17, 15) is 9.59 Å². The van der Waals surface area contributed by atoms with Crippen molar-refractivity contribution in [2.24, 2.45) is 0 Å². The molecular formula is C16H18BrN3O4S. The predicted octanol–water partition coefficient (Wildman–Crippen LogP) is 2.93. The van der Waals surface area contributed by atoms with Crippen LogP contribution in [0.3, 0.4) is 0 Å². The molecule has 2 amide bonds. The zero-order chi connectivity index (χ0) is 18.0. The van der Waals surface area contributed by atoms with Crippen molar-refractivity contribution in [3.63, 3.8) is 0 Å². The number of nitrogens with one attached hydrogen (secondary N) is 1. The van der Waals surface area contributed by atoms with Crippen molar-refractivity contribution in [3.8, 4) is 0 Å². The van der Waals surface area contributed by atoms with Crippen LogP contribution in [-0.2, 0) is 16.0 Å². The topological polar surface area (TPSA) is 84.7 Å². The number of thiazole rings is 1. The molecule has 2 aromatic rings. The Labute approximate surface area is 157 Å². The maximum absolute atomic E-state index is 12.6. The maximum atomic E-state index is 12.6. The highest BCUT2D eigenvalue weighted by Gasteiger charge is 2.29. The normalized spacial score (nSPS) is 20.5. The highest BCUT2D eigenvalue weighted by atomic mass is 79.9. The standard InChI is InChI=1S/C16H18BrN3O4S/c1-9-6-23-7-10(2)20(9)14(21)5-11-8-25-16(18-11)19-15(22)12-3-4-13(17)24-12/h3-4,8-10H,5-7H2,1-2H3,(H,18,19,22)/t9-,10+. The molecule has 0 aliphatic carbocycles. The number of hydrogen-bond acceptors (Lipinski definition) is 6. The van der Waals surface area contributed by atoms with E-state index in [1.165, 1.54) is 11.3 Å². The molecule has 3 heterocycles. The van der Waals surface area contributed by atoms with Crippen LogP contribution in [0.15, 0.2) is 26.6 Å². The smallest absolute Gasteiger partial charge is 0.293 e. The van der Waals surface area contributed by atoms with Crippen molar-refractivity contribution in [1.29, 1.82) is 0 Å². The van der Waals surface area contributed by atoms with E-state index in [1.807, 2.05) is 18.7 Å². The number of rotatable bonds is 4. The predicted molar refractivity (Wildman–Crippen MR) is 96.8 cm³/mol. The van der Waals surface area contributed by atoms with Gasteiger partial charge in [-0.05, 0) is 41.9 Å². The molecule has 134 valence electrons. The summed E-state index contributed by atoms with van der Waals surface area (Å²) in [6.45, 7) is 5.05. The van der Waals surface area contributed by atoms with Crippen LogP contribution in [0, 0.1) is 0 Å². The molecule has 0 aromatic carbocycles. The van der Waals surface area contributed by atoms with Crippen LogP contribution in [-0.4, -0.2) is 47.0 Å². The molecule has 3 rings (SSSR count). The summed E-state index contributed by atoms with van der Waals surface area (Å²) < 4.78 is 11.1. The summed E-state index contributed by atoms with van der Waals surface area (Å²) in [4.78, 5) is 30.8. The van der Waals surface area contributed by atoms with Crippen molar-refractivity contribution < 1.29 is 18.7 Å². The Balaban J connectivity index is 1.61. The van der Waals surface area contributed by atoms with Crippen molar-refractivity contribution in [1.82, 2.24) is 9.88 Å². The lowest BCUT2D eigenvalue weighted by atomic mass is 10.1. The summed E-state index contributed by atoms with van der Waals surface area (Å²) in [6.07, 6.45) is 0.202. The van der Waals surface area contributed by atoms with Gasteiger partial charge in [-0.3, -0.25) is 14.9 Å². The van der Waals surface area contributed by atoms with Crippen LogP contribution in [0.1, 0.15) is 30.1 Å². The van der Waals surface area contributed by atoms with Crippen LogP contribution >= 0.6 is 27.3 Å². The third-order valence-corrected chi connectivity index (χ3v) is 5.09. The van der Waals surface area contributed by atoms with E-state index in [1.54, 1.807) is 17.5 Å². The molecule has 0 unspecified atom stereocenters. The monoisotopic (exact) mass is 427 g/mol. The molecule has 0 saturated carbocycles. The first-order valence-corrected chi connectivity index (χ1v) is 9.51. The second kappa shape index (κ2) is 7.67. The van der Waals surface area contributed by atoms with Gasteiger partial charge in [0.2, 0.25) is 5.91 Å². The number of ether oxygens (including phenoxy) is 1. The van der Waals surface area contributed by atoms with Crippen molar-refractivity contribution in [2.45, 2.75) is 32.4 Å². The van der Waals surface area contributed by atoms with E-state index in [2.05, 4.69) is 26.2 Å². The number of carbonyl (C=O) groups is 2. The minimum Gasteiger partial charge on any atom is -0.444 e. The van der Waals surface area contributed by atoms with Gasteiger partial charge in [-0.15, -0.1) is 11.3 Å². The number of furan rings is 1. The van der Waals surface area contributed by atoms with Gasteiger partial charge in [0.15, 0.2) is 15.6 Å². The third-order valence-electron chi connectivity index (χ3n) is 3.86. The fraction of sp³-hybridized carbons (Fsp3) is 0.438. The first-order chi connectivity index (χ1) is 11.9. The average molecular weight is 428 g/mol. The first kappa shape index (κ1) is 18.1. The van der Waals surface area contributed by atoms with E-state index in [0.29, 0.717) is 28.7 Å². The van der Waals surface area contributed by atoms with Gasteiger partial charge in [-0.2, -0.15) is 0 Å². The molecule has 1 N–H and O–H groups in total. The van der Waals surface area contributed by atoms with Gasteiger partial charge in [0.25, 0.3) is 5.91 Å². The summed E-state index contributed by atoms with van der Waals surface area (Å²) in [5.74, 6) is -0.176.